The van der Waals surface area contributed by atoms with Gasteiger partial charge in [0, 0.05) is 45.5 Å². The maximum absolute atomic E-state index is 12.3. The molecule has 1 amide bonds. The minimum atomic E-state index is -0.0416. The molecule has 0 aliphatic carbocycles. The first-order valence-electron chi connectivity index (χ1n) is 8.47. The van der Waals surface area contributed by atoms with E-state index in [1.54, 1.807) is 12.1 Å². The molecule has 2 aliphatic rings. The van der Waals surface area contributed by atoms with Crippen LogP contribution < -0.4 is 9.80 Å². The molecule has 4 heterocycles. The largest absolute Gasteiger partial charge is 0.459 e. The van der Waals surface area contributed by atoms with E-state index in [1.165, 1.54) is 19.1 Å². The summed E-state index contributed by atoms with van der Waals surface area (Å²) in [5, 5.41) is 0. The summed E-state index contributed by atoms with van der Waals surface area (Å²) in [7, 11) is 0. The van der Waals surface area contributed by atoms with Crippen LogP contribution in [0.2, 0.25) is 0 Å². The third kappa shape index (κ3) is 2.93. The Labute approximate surface area is 140 Å². The molecule has 126 valence electrons. The predicted molar refractivity (Wildman–Crippen MR) is 90.3 cm³/mol. The molecule has 0 bridgehead atoms. The Bertz CT molecular complexity index is 689. The number of carbonyl (C=O) groups excluding carboxylic acids is 1. The lowest BCUT2D eigenvalue weighted by atomic mass is 10.3. The van der Waals surface area contributed by atoms with Gasteiger partial charge in [0.15, 0.2) is 5.76 Å². The molecule has 2 aromatic heterocycles. The summed E-state index contributed by atoms with van der Waals surface area (Å²) in [5.74, 6) is 2.12. The predicted octanol–water partition coefficient (Wildman–Crippen LogP) is 1.63. The molecule has 0 spiro atoms. The van der Waals surface area contributed by atoms with E-state index in [2.05, 4.69) is 14.8 Å². The van der Waals surface area contributed by atoms with E-state index in [0.29, 0.717) is 18.8 Å². The van der Waals surface area contributed by atoms with E-state index >= 15 is 0 Å². The number of hydrogen-bond acceptors (Lipinski definition) is 6. The lowest BCUT2D eigenvalue weighted by Crippen LogP contribution is -2.49. The number of rotatable bonds is 3. The number of amides is 1. The van der Waals surface area contributed by atoms with Crippen molar-refractivity contribution >= 4 is 17.7 Å². The van der Waals surface area contributed by atoms with Crippen molar-refractivity contribution < 1.29 is 9.21 Å². The van der Waals surface area contributed by atoms with Crippen molar-refractivity contribution in [2.24, 2.45) is 0 Å². The first-order valence-corrected chi connectivity index (χ1v) is 8.47. The number of hydrogen-bond donors (Lipinski definition) is 0. The second-order valence-corrected chi connectivity index (χ2v) is 6.17. The molecule has 7 nitrogen and oxygen atoms in total. The third-order valence-electron chi connectivity index (χ3n) is 4.64. The molecule has 2 aliphatic heterocycles. The highest BCUT2D eigenvalue weighted by atomic mass is 16.3. The van der Waals surface area contributed by atoms with Gasteiger partial charge in [-0.15, -0.1) is 0 Å². The van der Waals surface area contributed by atoms with Crippen LogP contribution in [0.1, 0.15) is 23.4 Å². The Morgan fingerprint density at radius 1 is 1.00 bits per heavy atom. The lowest BCUT2D eigenvalue weighted by Gasteiger charge is -2.35. The normalized spacial score (nSPS) is 18.2. The molecule has 0 saturated carbocycles. The number of carbonyl (C=O) groups is 1. The molecular formula is C17H21N5O2. The highest BCUT2D eigenvalue weighted by Gasteiger charge is 2.25. The van der Waals surface area contributed by atoms with E-state index in [9.17, 15) is 4.79 Å². The van der Waals surface area contributed by atoms with Crippen LogP contribution in [0.25, 0.3) is 0 Å². The van der Waals surface area contributed by atoms with Crippen molar-refractivity contribution in [2.75, 3.05) is 49.1 Å². The van der Waals surface area contributed by atoms with Gasteiger partial charge < -0.3 is 19.1 Å². The molecule has 4 rings (SSSR count). The van der Waals surface area contributed by atoms with Crippen LogP contribution in [0, 0.1) is 0 Å². The summed E-state index contributed by atoms with van der Waals surface area (Å²) in [6.07, 6.45) is 5.78. The van der Waals surface area contributed by atoms with Crippen molar-refractivity contribution in [3.05, 3.63) is 36.4 Å². The van der Waals surface area contributed by atoms with Gasteiger partial charge in [0.1, 0.15) is 5.82 Å². The van der Waals surface area contributed by atoms with Gasteiger partial charge >= 0.3 is 0 Å². The van der Waals surface area contributed by atoms with Crippen molar-refractivity contribution in [2.45, 2.75) is 12.8 Å². The highest BCUT2D eigenvalue weighted by Crippen LogP contribution is 2.20. The maximum atomic E-state index is 12.3. The molecular weight excluding hydrogens is 306 g/mol. The summed E-state index contributed by atoms with van der Waals surface area (Å²) < 4.78 is 5.20. The zero-order valence-corrected chi connectivity index (χ0v) is 13.6. The van der Waals surface area contributed by atoms with Crippen LogP contribution in [0.15, 0.2) is 35.1 Å². The number of nitrogens with zero attached hydrogens (tertiary/aromatic N) is 5. The smallest absolute Gasteiger partial charge is 0.289 e. The van der Waals surface area contributed by atoms with E-state index in [1.807, 2.05) is 17.2 Å². The van der Waals surface area contributed by atoms with Crippen LogP contribution in [0.5, 0.6) is 0 Å². The fraction of sp³-hybridized carbons (Fsp3) is 0.471. The van der Waals surface area contributed by atoms with Crippen LogP contribution in [0.3, 0.4) is 0 Å². The monoisotopic (exact) mass is 327 g/mol. The van der Waals surface area contributed by atoms with Gasteiger partial charge in [-0.1, -0.05) is 0 Å². The van der Waals surface area contributed by atoms with Crippen molar-refractivity contribution in [1.29, 1.82) is 0 Å². The fourth-order valence-corrected chi connectivity index (χ4v) is 3.28. The van der Waals surface area contributed by atoms with Gasteiger partial charge in [-0.2, -0.15) is 4.98 Å². The zero-order valence-electron chi connectivity index (χ0n) is 13.6. The Hall–Kier alpha value is -2.57. The number of anilines is 2. The molecule has 0 aromatic carbocycles. The summed E-state index contributed by atoms with van der Waals surface area (Å²) in [6.45, 7) is 4.95. The second-order valence-electron chi connectivity index (χ2n) is 6.17. The molecule has 2 aromatic rings. The first kappa shape index (κ1) is 15.0. The molecule has 0 N–H and O–H groups in total. The summed E-state index contributed by atoms with van der Waals surface area (Å²) in [6, 6.07) is 5.40. The molecule has 7 heteroatoms. The average molecular weight is 327 g/mol. The van der Waals surface area contributed by atoms with Crippen LogP contribution in [-0.4, -0.2) is 60.0 Å². The van der Waals surface area contributed by atoms with E-state index in [0.717, 1.165) is 37.9 Å². The lowest BCUT2D eigenvalue weighted by molar-refractivity contribution is 0.0714. The van der Waals surface area contributed by atoms with Gasteiger partial charge in [-0.25, -0.2) is 4.98 Å². The number of aromatic nitrogens is 2. The van der Waals surface area contributed by atoms with Crippen LogP contribution in [0.4, 0.5) is 11.8 Å². The average Bonchev–Trinajstić information content (AvgIpc) is 3.35. The maximum Gasteiger partial charge on any atom is 0.289 e. The summed E-state index contributed by atoms with van der Waals surface area (Å²) in [4.78, 5) is 27.7. The topological polar surface area (TPSA) is 65.7 Å². The number of piperazine rings is 1. The second kappa shape index (κ2) is 6.51. The van der Waals surface area contributed by atoms with Crippen LogP contribution in [-0.2, 0) is 0 Å². The van der Waals surface area contributed by atoms with Crippen molar-refractivity contribution in [1.82, 2.24) is 14.9 Å². The van der Waals surface area contributed by atoms with E-state index in [4.69, 9.17) is 9.40 Å². The molecule has 2 saturated heterocycles. The molecule has 0 radical (unpaired) electrons. The molecule has 0 atom stereocenters. The Kier molecular flexibility index (Phi) is 4.06. The van der Waals surface area contributed by atoms with Gasteiger partial charge in [-0.05, 0) is 31.0 Å². The molecule has 2 fully saturated rings. The Morgan fingerprint density at radius 2 is 1.79 bits per heavy atom. The quantitative estimate of drug-likeness (QED) is 0.854. The fourth-order valence-electron chi connectivity index (χ4n) is 3.28. The summed E-state index contributed by atoms with van der Waals surface area (Å²) in [5.41, 5.74) is 0. The molecule has 24 heavy (non-hydrogen) atoms. The third-order valence-corrected chi connectivity index (χ3v) is 4.64. The minimum absolute atomic E-state index is 0.0416. The van der Waals surface area contributed by atoms with Gasteiger partial charge in [0.2, 0.25) is 5.95 Å². The Balaban J connectivity index is 1.40. The van der Waals surface area contributed by atoms with Gasteiger partial charge in [-0.3, -0.25) is 4.79 Å². The van der Waals surface area contributed by atoms with Crippen molar-refractivity contribution in [3.63, 3.8) is 0 Å². The summed E-state index contributed by atoms with van der Waals surface area (Å²) >= 11 is 0. The molecule has 0 unspecified atom stereocenters. The number of furan rings is 1. The van der Waals surface area contributed by atoms with E-state index in [-0.39, 0.29) is 5.91 Å². The van der Waals surface area contributed by atoms with Gasteiger partial charge in [0.25, 0.3) is 5.91 Å². The highest BCUT2D eigenvalue weighted by molar-refractivity contribution is 5.91. The minimum Gasteiger partial charge on any atom is -0.459 e. The van der Waals surface area contributed by atoms with E-state index < -0.39 is 0 Å². The van der Waals surface area contributed by atoms with Gasteiger partial charge in [0.05, 0.1) is 6.26 Å². The standard InChI is InChI=1S/C17H21N5O2/c23-16(14-4-3-13-24-14)21-11-9-20(10-12-21)15-5-6-18-17(19-15)22-7-1-2-8-22/h3-6,13H,1-2,7-12H2. The first-order chi connectivity index (χ1) is 11.8. The Morgan fingerprint density at radius 3 is 2.50 bits per heavy atom. The van der Waals surface area contributed by atoms with Crippen LogP contribution >= 0.6 is 0 Å². The zero-order chi connectivity index (χ0) is 16.4. The SMILES string of the molecule is O=C(c1ccco1)N1CCN(c2ccnc(N3CCCC3)n2)CC1. The van der Waals surface area contributed by atoms with Crippen molar-refractivity contribution in [3.8, 4) is 0 Å².